The molecule has 206 valence electrons. The molecule has 2 aromatic heterocycles. The van der Waals surface area contributed by atoms with Gasteiger partial charge in [-0.25, -0.2) is 18.3 Å². The van der Waals surface area contributed by atoms with E-state index in [4.69, 9.17) is 9.47 Å². The van der Waals surface area contributed by atoms with E-state index < -0.39 is 17.4 Å². The number of halogens is 2. The smallest absolute Gasteiger partial charge is 0.239 e. The molecule has 2 aromatic carbocycles. The fourth-order valence-corrected chi connectivity index (χ4v) is 5.00. The quantitative estimate of drug-likeness (QED) is 0.247. The summed E-state index contributed by atoms with van der Waals surface area (Å²) < 4.78 is 40.3. The number of aryl methyl sites for hydroxylation is 1. The Kier molecular flexibility index (Phi) is 7.79. The number of hydrogen-bond acceptors (Lipinski definition) is 7. The van der Waals surface area contributed by atoms with Crippen LogP contribution < -0.4 is 15.4 Å². The van der Waals surface area contributed by atoms with Crippen molar-refractivity contribution in [2.24, 2.45) is 5.92 Å². The molecule has 1 atom stereocenters. The second-order valence-corrected chi connectivity index (χ2v) is 10.0. The summed E-state index contributed by atoms with van der Waals surface area (Å²) in [6.07, 6.45) is 3.67. The lowest BCUT2D eigenvalue weighted by Crippen LogP contribution is -2.39. The van der Waals surface area contributed by atoms with Crippen LogP contribution in [0.1, 0.15) is 37.8 Å². The van der Waals surface area contributed by atoms with E-state index in [1.807, 2.05) is 32.0 Å². The van der Waals surface area contributed by atoms with Crippen molar-refractivity contribution < 1.29 is 23.4 Å². The number of nitrogens with one attached hydrogen (secondary N) is 2. The van der Waals surface area contributed by atoms with Gasteiger partial charge in [-0.3, -0.25) is 5.32 Å². The number of benzene rings is 2. The van der Waals surface area contributed by atoms with Crippen molar-refractivity contribution in [3.63, 3.8) is 0 Å². The van der Waals surface area contributed by atoms with Crippen LogP contribution >= 0.6 is 0 Å². The molecule has 39 heavy (non-hydrogen) atoms. The highest BCUT2D eigenvalue weighted by molar-refractivity contribution is 5.74. The number of anilines is 1. The minimum atomic E-state index is -1.16. The maximum absolute atomic E-state index is 13.8. The molecule has 1 unspecified atom stereocenters. The average molecular weight is 538 g/mol. The Labute approximate surface area is 226 Å². The van der Waals surface area contributed by atoms with Crippen LogP contribution in [0, 0.1) is 24.5 Å². The molecule has 0 aliphatic carbocycles. The van der Waals surface area contributed by atoms with Gasteiger partial charge in [-0.1, -0.05) is 19.1 Å². The number of fused-ring (bicyclic) bond motifs is 1. The van der Waals surface area contributed by atoms with Crippen LogP contribution in [0.5, 0.6) is 11.6 Å². The van der Waals surface area contributed by atoms with E-state index in [9.17, 15) is 13.9 Å². The lowest BCUT2D eigenvalue weighted by molar-refractivity contribution is 0.0213. The van der Waals surface area contributed by atoms with Gasteiger partial charge in [-0.05, 0) is 62.9 Å². The van der Waals surface area contributed by atoms with Gasteiger partial charge in [0, 0.05) is 43.0 Å². The lowest BCUT2D eigenvalue weighted by atomic mass is 9.96. The Morgan fingerprint density at radius 2 is 1.92 bits per heavy atom. The van der Waals surface area contributed by atoms with Gasteiger partial charge in [0.05, 0.1) is 17.6 Å². The van der Waals surface area contributed by atoms with Gasteiger partial charge in [-0.15, -0.1) is 5.10 Å². The molecule has 8 nitrogen and oxygen atoms in total. The molecule has 3 N–H and O–H groups in total. The molecule has 0 spiro atoms. The van der Waals surface area contributed by atoms with Crippen LogP contribution in [0.2, 0.25) is 0 Å². The van der Waals surface area contributed by atoms with Crippen LogP contribution in [0.25, 0.3) is 16.9 Å². The van der Waals surface area contributed by atoms with Crippen LogP contribution in [-0.2, 0) is 10.5 Å². The van der Waals surface area contributed by atoms with Crippen molar-refractivity contribution in [2.45, 2.75) is 39.3 Å². The molecule has 5 rings (SSSR count). The summed E-state index contributed by atoms with van der Waals surface area (Å²) in [7, 11) is 0. The first kappa shape index (κ1) is 27.0. The SMILES string of the molecule is CCNC(C)(O)c1ccc(-c2cnc3c(NCC4CCOCC4)cc(Oc4ccc(F)c(F)c4)nn23)cc1C. The third-order valence-corrected chi connectivity index (χ3v) is 7.05. The molecule has 10 heteroatoms. The Balaban J connectivity index is 1.53. The first-order valence-corrected chi connectivity index (χ1v) is 13.2. The zero-order valence-corrected chi connectivity index (χ0v) is 22.3. The largest absolute Gasteiger partial charge is 0.437 e. The highest BCUT2D eigenvalue weighted by Crippen LogP contribution is 2.32. The first-order chi connectivity index (χ1) is 18.7. The Morgan fingerprint density at radius 1 is 1.13 bits per heavy atom. The maximum atomic E-state index is 13.8. The monoisotopic (exact) mass is 537 g/mol. The highest BCUT2D eigenvalue weighted by atomic mass is 19.2. The van der Waals surface area contributed by atoms with E-state index in [1.165, 1.54) is 6.07 Å². The molecule has 4 aromatic rings. The number of rotatable bonds is 9. The predicted molar refractivity (Wildman–Crippen MR) is 145 cm³/mol. The summed E-state index contributed by atoms with van der Waals surface area (Å²) in [6.45, 7) is 8.44. The van der Waals surface area contributed by atoms with Gasteiger partial charge in [0.25, 0.3) is 0 Å². The topological polar surface area (TPSA) is 92.9 Å². The first-order valence-electron chi connectivity index (χ1n) is 13.2. The van der Waals surface area contributed by atoms with E-state index in [-0.39, 0.29) is 11.6 Å². The van der Waals surface area contributed by atoms with E-state index in [1.54, 1.807) is 23.7 Å². The van der Waals surface area contributed by atoms with Crippen LogP contribution in [0.15, 0.2) is 48.7 Å². The summed E-state index contributed by atoms with van der Waals surface area (Å²) in [5, 5.41) is 22.1. The van der Waals surface area contributed by atoms with Gasteiger partial charge in [0.2, 0.25) is 5.88 Å². The van der Waals surface area contributed by atoms with Gasteiger partial charge in [0.1, 0.15) is 11.5 Å². The fraction of sp³-hybridized carbons (Fsp3) is 0.379. The molecule has 3 heterocycles. The lowest BCUT2D eigenvalue weighted by Gasteiger charge is -2.26. The molecule has 1 aliphatic rings. The van der Waals surface area contributed by atoms with Crippen LogP contribution in [-0.4, -0.2) is 46.0 Å². The molecule has 0 bridgehead atoms. The summed E-state index contributed by atoms with van der Waals surface area (Å²) in [6, 6.07) is 10.9. The van der Waals surface area contributed by atoms with Crippen LogP contribution in [0.3, 0.4) is 0 Å². The number of imidazole rings is 1. The van der Waals surface area contributed by atoms with Crippen molar-refractivity contribution in [1.82, 2.24) is 19.9 Å². The Morgan fingerprint density at radius 3 is 2.64 bits per heavy atom. The second kappa shape index (κ2) is 11.3. The summed E-state index contributed by atoms with van der Waals surface area (Å²) in [5.74, 6) is -1.17. The molecule has 0 amide bonds. The van der Waals surface area contributed by atoms with Crippen molar-refractivity contribution >= 4 is 11.3 Å². The molecule has 0 saturated carbocycles. The van der Waals surface area contributed by atoms with Crippen molar-refractivity contribution in [3.05, 3.63) is 71.4 Å². The molecular weight excluding hydrogens is 504 g/mol. The van der Waals surface area contributed by atoms with Gasteiger partial charge in [0.15, 0.2) is 17.3 Å². The Bertz CT molecular complexity index is 1470. The molecule has 1 fully saturated rings. The number of hydrogen-bond donors (Lipinski definition) is 3. The van der Waals surface area contributed by atoms with E-state index >= 15 is 0 Å². The molecule has 1 aliphatic heterocycles. The molecule has 0 radical (unpaired) electrons. The van der Waals surface area contributed by atoms with Gasteiger partial charge >= 0.3 is 0 Å². The number of nitrogens with zero attached hydrogens (tertiary/aromatic N) is 3. The van der Waals surface area contributed by atoms with Crippen molar-refractivity contribution in [1.29, 1.82) is 0 Å². The minimum absolute atomic E-state index is 0.128. The second-order valence-electron chi connectivity index (χ2n) is 10.0. The zero-order valence-electron chi connectivity index (χ0n) is 22.3. The fourth-order valence-electron chi connectivity index (χ4n) is 5.00. The van der Waals surface area contributed by atoms with E-state index in [2.05, 4.69) is 20.7 Å². The third-order valence-electron chi connectivity index (χ3n) is 7.05. The van der Waals surface area contributed by atoms with Crippen molar-refractivity contribution in [3.8, 4) is 22.9 Å². The van der Waals surface area contributed by atoms with Crippen molar-refractivity contribution in [2.75, 3.05) is 31.6 Å². The normalized spacial score (nSPS) is 15.8. The average Bonchev–Trinajstić information content (AvgIpc) is 3.34. The number of ether oxygens (including phenoxy) is 2. The standard InChI is InChI=1S/C29H33F2N5O3/c1-4-34-29(3,37)22-7-5-20(13-18(22)2)26-17-33-28-25(32-16-19-9-11-38-12-10-19)15-27(35-36(26)28)39-21-6-8-23(30)24(31)14-21/h5-8,13-15,17,19,32,34,37H,4,9-12,16H2,1-3H3. The summed E-state index contributed by atoms with van der Waals surface area (Å²) >= 11 is 0. The Hall–Kier alpha value is -3.60. The number of aromatic nitrogens is 3. The number of aliphatic hydroxyl groups is 1. The molecule has 1 saturated heterocycles. The van der Waals surface area contributed by atoms with Crippen LogP contribution in [0.4, 0.5) is 14.5 Å². The van der Waals surface area contributed by atoms with Gasteiger partial charge < -0.3 is 19.9 Å². The highest BCUT2D eigenvalue weighted by Gasteiger charge is 2.24. The third kappa shape index (κ3) is 5.88. The minimum Gasteiger partial charge on any atom is -0.437 e. The zero-order chi connectivity index (χ0) is 27.6. The maximum Gasteiger partial charge on any atom is 0.239 e. The summed E-state index contributed by atoms with van der Waals surface area (Å²) in [4.78, 5) is 4.65. The molecular formula is C29H33F2N5O3. The summed E-state index contributed by atoms with van der Waals surface area (Å²) in [5.41, 5.74) is 3.40. The predicted octanol–water partition coefficient (Wildman–Crippen LogP) is 5.39. The van der Waals surface area contributed by atoms with Gasteiger partial charge in [-0.2, -0.15) is 0 Å². The van der Waals surface area contributed by atoms with E-state index in [0.29, 0.717) is 29.5 Å². The van der Waals surface area contributed by atoms with E-state index in [0.717, 1.165) is 61.4 Å².